The van der Waals surface area contributed by atoms with Crippen molar-refractivity contribution in [2.45, 2.75) is 56.9 Å². The Morgan fingerprint density at radius 2 is 1.62 bits per heavy atom. The van der Waals surface area contributed by atoms with E-state index in [-0.39, 0.29) is 11.7 Å². The Balaban J connectivity index is 1.35. The molecule has 2 aliphatic carbocycles. The van der Waals surface area contributed by atoms with Crippen molar-refractivity contribution < 1.29 is 4.79 Å². The van der Waals surface area contributed by atoms with Gasteiger partial charge in [-0.05, 0) is 79.7 Å². The number of fused-ring (bicyclic) bond motifs is 1. The Bertz CT molecular complexity index is 1040. The highest BCUT2D eigenvalue weighted by atomic mass is 16.1. The molecule has 0 bridgehead atoms. The molecule has 3 aromatic rings. The second-order valence-corrected chi connectivity index (χ2v) is 8.55. The van der Waals surface area contributed by atoms with E-state index in [0.717, 1.165) is 42.5 Å². The molecule has 0 aliphatic heterocycles. The number of ketones is 1. The van der Waals surface area contributed by atoms with Crippen molar-refractivity contribution in [1.29, 1.82) is 0 Å². The molecule has 2 heterocycles. The summed E-state index contributed by atoms with van der Waals surface area (Å²) >= 11 is 0. The number of pyridine rings is 2. The van der Waals surface area contributed by atoms with Crippen molar-refractivity contribution in [3.05, 3.63) is 71.2 Å². The van der Waals surface area contributed by atoms with Crippen LogP contribution in [0.15, 0.2) is 48.7 Å². The van der Waals surface area contributed by atoms with Crippen LogP contribution in [0.25, 0.3) is 10.9 Å². The quantitative estimate of drug-likeness (QED) is 0.619. The summed E-state index contributed by atoms with van der Waals surface area (Å²) < 4.78 is 0. The minimum atomic E-state index is 0.0809. The molecule has 2 N–H and O–H groups in total. The molecule has 0 saturated heterocycles. The third-order valence-corrected chi connectivity index (χ3v) is 6.66. The summed E-state index contributed by atoms with van der Waals surface area (Å²) in [5.74, 6) is 1.34. The molecule has 0 atom stereocenters. The number of rotatable bonds is 5. The van der Waals surface area contributed by atoms with E-state index in [2.05, 4.69) is 40.3 Å². The van der Waals surface area contributed by atoms with Crippen molar-refractivity contribution in [3.8, 4) is 0 Å². The summed E-state index contributed by atoms with van der Waals surface area (Å²) in [6, 6.07) is 14.6. The maximum atomic E-state index is 13.4. The number of aromatic nitrogens is 2. The highest BCUT2D eigenvalue weighted by Crippen LogP contribution is 2.43. The summed E-state index contributed by atoms with van der Waals surface area (Å²) in [6.45, 7) is 0.382. The number of nitrogens with two attached hydrogens (primary N) is 1. The molecule has 1 aromatic carbocycles. The lowest BCUT2D eigenvalue weighted by Gasteiger charge is -2.29. The summed E-state index contributed by atoms with van der Waals surface area (Å²) in [5, 5.41) is 1.25. The standard InChI is InChI=1S/C25H27N3O/c26-15-19-11-12-21(17-5-6-17)24(28-19)25(29)18-9-7-16(8-10-18)20-13-14-27-23-4-2-1-3-22(20)23/h1-4,11-14,16-18H,5-10,15,26H2. The van der Waals surface area contributed by atoms with Crippen LogP contribution in [0, 0.1) is 5.92 Å². The van der Waals surface area contributed by atoms with Gasteiger partial charge in [0.2, 0.25) is 0 Å². The molecular formula is C25H27N3O. The van der Waals surface area contributed by atoms with Crippen molar-refractivity contribution in [1.82, 2.24) is 9.97 Å². The number of para-hydroxylation sites is 1. The van der Waals surface area contributed by atoms with Crippen LogP contribution < -0.4 is 5.73 Å². The fourth-order valence-electron chi connectivity index (χ4n) is 4.88. The molecule has 2 saturated carbocycles. The Kier molecular flexibility index (Phi) is 4.88. The molecule has 5 rings (SSSR count). The smallest absolute Gasteiger partial charge is 0.184 e. The molecule has 2 fully saturated rings. The third kappa shape index (κ3) is 3.58. The molecule has 0 radical (unpaired) electrons. The minimum absolute atomic E-state index is 0.0809. The van der Waals surface area contributed by atoms with Crippen molar-refractivity contribution >= 4 is 16.7 Å². The predicted molar refractivity (Wildman–Crippen MR) is 115 cm³/mol. The van der Waals surface area contributed by atoms with Gasteiger partial charge in [-0.1, -0.05) is 24.3 Å². The molecule has 2 aliphatic rings. The Morgan fingerprint density at radius 3 is 2.38 bits per heavy atom. The fraction of sp³-hybridized carbons (Fsp3) is 0.400. The summed E-state index contributed by atoms with van der Waals surface area (Å²) in [5.41, 5.74) is 10.9. The molecule has 0 amide bonds. The van der Waals surface area contributed by atoms with Gasteiger partial charge in [-0.15, -0.1) is 0 Å². The first-order valence-corrected chi connectivity index (χ1v) is 10.8. The van der Waals surface area contributed by atoms with Crippen LogP contribution in [0.2, 0.25) is 0 Å². The lowest BCUT2D eigenvalue weighted by atomic mass is 9.75. The van der Waals surface area contributed by atoms with E-state index >= 15 is 0 Å². The zero-order valence-corrected chi connectivity index (χ0v) is 16.7. The highest BCUT2D eigenvalue weighted by Gasteiger charge is 2.34. The van der Waals surface area contributed by atoms with Gasteiger partial charge in [-0.2, -0.15) is 0 Å². The first kappa shape index (κ1) is 18.4. The zero-order chi connectivity index (χ0) is 19.8. The second-order valence-electron chi connectivity index (χ2n) is 8.55. The lowest BCUT2D eigenvalue weighted by molar-refractivity contribution is 0.0877. The van der Waals surface area contributed by atoms with Crippen molar-refractivity contribution in [2.75, 3.05) is 0 Å². The van der Waals surface area contributed by atoms with Crippen molar-refractivity contribution in [3.63, 3.8) is 0 Å². The van der Waals surface area contributed by atoms with Gasteiger partial charge in [0.25, 0.3) is 0 Å². The molecule has 148 valence electrons. The van der Waals surface area contributed by atoms with Crippen LogP contribution in [0.1, 0.15) is 77.7 Å². The van der Waals surface area contributed by atoms with Crippen LogP contribution in [0.3, 0.4) is 0 Å². The van der Waals surface area contributed by atoms with Crippen LogP contribution in [0.4, 0.5) is 0 Å². The van der Waals surface area contributed by atoms with Gasteiger partial charge in [0.1, 0.15) is 5.69 Å². The fourth-order valence-corrected chi connectivity index (χ4v) is 4.88. The minimum Gasteiger partial charge on any atom is -0.325 e. The van der Waals surface area contributed by atoms with Crippen LogP contribution >= 0.6 is 0 Å². The maximum Gasteiger partial charge on any atom is 0.184 e. The number of Topliss-reactive ketones (excluding diaryl/α,β-unsaturated/α-hetero) is 1. The molecule has 2 aromatic heterocycles. The van der Waals surface area contributed by atoms with E-state index < -0.39 is 0 Å². The van der Waals surface area contributed by atoms with E-state index in [9.17, 15) is 4.79 Å². The van der Waals surface area contributed by atoms with Gasteiger partial charge < -0.3 is 5.73 Å². The predicted octanol–water partition coefficient (Wildman–Crippen LogP) is 5.12. The largest absolute Gasteiger partial charge is 0.325 e. The van der Waals surface area contributed by atoms with E-state index in [4.69, 9.17) is 5.73 Å². The highest BCUT2D eigenvalue weighted by molar-refractivity contribution is 5.97. The van der Waals surface area contributed by atoms with E-state index in [0.29, 0.717) is 24.1 Å². The number of carbonyl (C=O) groups excluding carboxylic acids is 1. The molecule has 0 spiro atoms. The molecule has 4 heteroatoms. The van der Waals surface area contributed by atoms with E-state index in [1.165, 1.54) is 23.8 Å². The lowest BCUT2D eigenvalue weighted by Crippen LogP contribution is -2.24. The summed E-state index contributed by atoms with van der Waals surface area (Å²) in [4.78, 5) is 22.5. The van der Waals surface area contributed by atoms with Gasteiger partial charge in [0.05, 0.1) is 11.2 Å². The monoisotopic (exact) mass is 385 g/mol. The number of benzene rings is 1. The molecule has 4 nitrogen and oxygen atoms in total. The van der Waals surface area contributed by atoms with Gasteiger partial charge in [-0.25, -0.2) is 4.98 Å². The topological polar surface area (TPSA) is 68.9 Å². The number of hydrogen-bond donors (Lipinski definition) is 1. The molecular weight excluding hydrogens is 358 g/mol. The average Bonchev–Trinajstić information content (AvgIpc) is 3.63. The molecule has 29 heavy (non-hydrogen) atoms. The van der Waals surface area contributed by atoms with Crippen LogP contribution in [-0.2, 0) is 6.54 Å². The Morgan fingerprint density at radius 1 is 0.897 bits per heavy atom. The van der Waals surface area contributed by atoms with E-state index in [1.54, 1.807) is 0 Å². The number of nitrogens with zero attached hydrogens (tertiary/aromatic N) is 2. The van der Waals surface area contributed by atoms with Gasteiger partial charge >= 0.3 is 0 Å². The van der Waals surface area contributed by atoms with Crippen LogP contribution in [0.5, 0.6) is 0 Å². The third-order valence-electron chi connectivity index (χ3n) is 6.66. The van der Waals surface area contributed by atoms with Crippen molar-refractivity contribution in [2.24, 2.45) is 11.7 Å². The van der Waals surface area contributed by atoms with Gasteiger partial charge in [-0.3, -0.25) is 9.78 Å². The second kappa shape index (κ2) is 7.68. The van der Waals surface area contributed by atoms with Gasteiger partial charge in [0.15, 0.2) is 5.78 Å². The number of carbonyl (C=O) groups is 1. The maximum absolute atomic E-state index is 13.4. The van der Waals surface area contributed by atoms with E-state index in [1.807, 2.05) is 18.3 Å². The zero-order valence-electron chi connectivity index (χ0n) is 16.7. The SMILES string of the molecule is NCc1ccc(C2CC2)c(C(=O)C2CCC(c3ccnc4ccccc34)CC2)n1. The normalized spacial score (nSPS) is 22.0. The Hall–Kier alpha value is -2.59. The summed E-state index contributed by atoms with van der Waals surface area (Å²) in [6.07, 6.45) is 8.20. The van der Waals surface area contributed by atoms with Gasteiger partial charge in [0, 0.05) is 24.0 Å². The molecule has 0 unspecified atom stereocenters. The first-order chi connectivity index (χ1) is 14.2. The summed E-state index contributed by atoms with van der Waals surface area (Å²) in [7, 11) is 0. The average molecular weight is 386 g/mol. The Labute approximate surface area is 171 Å². The first-order valence-electron chi connectivity index (χ1n) is 10.8. The van der Waals surface area contributed by atoms with Crippen LogP contribution in [-0.4, -0.2) is 15.8 Å². The number of hydrogen-bond acceptors (Lipinski definition) is 4.